The molecular formula is C24H29F3N4O4. The molecule has 2 saturated heterocycles. The van der Waals surface area contributed by atoms with Gasteiger partial charge in [-0.15, -0.1) is 0 Å². The molecule has 2 aromatic rings. The van der Waals surface area contributed by atoms with Crippen LogP contribution >= 0.6 is 0 Å². The number of alkyl halides is 3. The van der Waals surface area contributed by atoms with E-state index < -0.39 is 17.6 Å². The lowest BCUT2D eigenvalue weighted by Crippen LogP contribution is -2.38. The molecule has 1 N–H and O–H groups in total. The Morgan fingerprint density at radius 3 is 2.43 bits per heavy atom. The minimum Gasteiger partial charge on any atom is -0.462 e. The van der Waals surface area contributed by atoms with Gasteiger partial charge in [0.25, 0.3) is 5.91 Å². The first-order valence-corrected chi connectivity index (χ1v) is 11.7. The van der Waals surface area contributed by atoms with Gasteiger partial charge in [-0.1, -0.05) is 0 Å². The number of furan rings is 1. The summed E-state index contributed by atoms with van der Waals surface area (Å²) in [5.41, 5.74) is -1.01. The van der Waals surface area contributed by atoms with Gasteiger partial charge in [-0.3, -0.25) is 9.59 Å². The van der Waals surface area contributed by atoms with Crippen LogP contribution in [0.2, 0.25) is 0 Å². The van der Waals surface area contributed by atoms with Crippen LogP contribution in [0, 0.1) is 0 Å². The molecule has 1 amide bonds. The zero-order valence-electron chi connectivity index (χ0n) is 19.7. The summed E-state index contributed by atoms with van der Waals surface area (Å²) in [5.74, 6) is 0.171. The number of rotatable bonds is 5. The van der Waals surface area contributed by atoms with E-state index in [0.29, 0.717) is 31.7 Å². The second kappa shape index (κ2) is 10.3. The fourth-order valence-electron chi connectivity index (χ4n) is 4.55. The summed E-state index contributed by atoms with van der Waals surface area (Å²) >= 11 is 0. The predicted octanol–water partition coefficient (Wildman–Crippen LogP) is 4.29. The standard InChI is InChI=1S/C24H29F3N4O4/c1-15(32)34-18-7-11-31(12-8-18)22-19(13-17(14-28-22)24(25,26)27)29-23(33)21-4-3-20(35-21)16-5-9-30(2)10-6-16/h3-4,13-14,16,18H,5-12H2,1-2H3,(H,29,33). The molecule has 0 aliphatic carbocycles. The first-order valence-electron chi connectivity index (χ1n) is 11.7. The number of esters is 1. The molecule has 2 fully saturated rings. The van der Waals surface area contributed by atoms with Gasteiger partial charge < -0.3 is 24.3 Å². The zero-order chi connectivity index (χ0) is 25.2. The third-order valence-corrected chi connectivity index (χ3v) is 6.49. The Morgan fingerprint density at radius 2 is 1.80 bits per heavy atom. The van der Waals surface area contributed by atoms with Crippen LogP contribution in [-0.2, 0) is 15.7 Å². The highest BCUT2D eigenvalue weighted by atomic mass is 19.4. The van der Waals surface area contributed by atoms with Crippen LogP contribution in [0.5, 0.6) is 0 Å². The summed E-state index contributed by atoms with van der Waals surface area (Å²) < 4.78 is 51.1. The van der Waals surface area contributed by atoms with Gasteiger partial charge in [0, 0.05) is 45.0 Å². The molecule has 0 saturated carbocycles. The van der Waals surface area contributed by atoms with Gasteiger partial charge >= 0.3 is 12.1 Å². The van der Waals surface area contributed by atoms with Crippen molar-refractivity contribution in [3.63, 3.8) is 0 Å². The van der Waals surface area contributed by atoms with Crippen molar-refractivity contribution in [1.82, 2.24) is 9.88 Å². The fourth-order valence-corrected chi connectivity index (χ4v) is 4.55. The molecule has 190 valence electrons. The highest BCUT2D eigenvalue weighted by molar-refractivity contribution is 6.04. The average Bonchev–Trinajstić information content (AvgIpc) is 3.30. The molecule has 2 aromatic heterocycles. The van der Waals surface area contributed by atoms with E-state index in [-0.39, 0.29) is 35.3 Å². The number of amides is 1. The Hall–Kier alpha value is -3.08. The maximum Gasteiger partial charge on any atom is 0.417 e. The lowest BCUT2D eigenvalue weighted by atomic mass is 9.95. The summed E-state index contributed by atoms with van der Waals surface area (Å²) in [6.07, 6.45) is -1.27. The average molecular weight is 495 g/mol. The molecule has 2 aliphatic heterocycles. The molecule has 4 heterocycles. The maximum absolute atomic E-state index is 13.4. The Balaban J connectivity index is 1.52. The number of carbonyl (C=O) groups excluding carboxylic acids is 2. The van der Waals surface area contributed by atoms with Crippen molar-refractivity contribution in [3.05, 3.63) is 41.5 Å². The van der Waals surface area contributed by atoms with E-state index in [2.05, 4.69) is 22.2 Å². The first-order chi connectivity index (χ1) is 16.6. The topological polar surface area (TPSA) is 87.9 Å². The molecule has 35 heavy (non-hydrogen) atoms. The zero-order valence-corrected chi connectivity index (χ0v) is 19.7. The molecular weight excluding hydrogens is 465 g/mol. The van der Waals surface area contributed by atoms with E-state index in [4.69, 9.17) is 9.15 Å². The van der Waals surface area contributed by atoms with Crippen LogP contribution in [0.1, 0.15) is 60.4 Å². The summed E-state index contributed by atoms with van der Waals surface area (Å²) in [4.78, 5) is 32.2. The molecule has 0 aromatic carbocycles. The molecule has 4 rings (SSSR count). The monoisotopic (exact) mass is 494 g/mol. The van der Waals surface area contributed by atoms with Crippen molar-refractivity contribution >= 4 is 23.4 Å². The van der Waals surface area contributed by atoms with E-state index in [1.165, 1.54) is 6.92 Å². The van der Waals surface area contributed by atoms with E-state index in [1.54, 1.807) is 17.0 Å². The summed E-state index contributed by atoms with van der Waals surface area (Å²) in [5, 5.41) is 2.57. The molecule has 8 nitrogen and oxygen atoms in total. The van der Waals surface area contributed by atoms with Gasteiger partial charge in [0.05, 0.1) is 11.3 Å². The van der Waals surface area contributed by atoms with Crippen LogP contribution in [0.15, 0.2) is 28.8 Å². The second-order valence-electron chi connectivity index (χ2n) is 9.12. The number of likely N-dealkylation sites (tertiary alicyclic amines) is 1. The highest BCUT2D eigenvalue weighted by Crippen LogP contribution is 2.35. The van der Waals surface area contributed by atoms with Gasteiger partial charge in [0.1, 0.15) is 11.9 Å². The van der Waals surface area contributed by atoms with Crippen LogP contribution in [0.4, 0.5) is 24.7 Å². The number of piperidine rings is 2. The van der Waals surface area contributed by atoms with E-state index in [1.807, 2.05) is 0 Å². The number of nitrogens with zero attached hydrogens (tertiary/aromatic N) is 3. The second-order valence-corrected chi connectivity index (χ2v) is 9.12. The number of aromatic nitrogens is 1. The number of ether oxygens (including phenoxy) is 1. The minimum atomic E-state index is -4.61. The molecule has 0 radical (unpaired) electrons. The van der Waals surface area contributed by atoms with Gasteiger partial charge in [0.2, 0.25) is 0 Å². The lowest BCUT2D eigenvalue weighted by molar-refractivity contribution is -0.147. The third-order valence-electron chi connectivity index (χ3n) is 6.49. The van der Waals surface area contributed by atoms with Crippen molar-refractivity contribution in [1.29, 1.82) is 0 Å². The number of nitrogens with one attached hydrogen (secondary N) is 1. The van der Waals surface area contributed by atoms with Crippen molar-refractivity contribution in [2.75, 3.05) is 43.4 Å². The van der Waals surface area contributed by atoms with Crippen LogP contribution in [0.25, 0.3) is 0 Å². The van der Waals surface area contributed by atoms with E-state index in [0.717, 1.165) is 38.2 Å². The summed E-state index contributed by atoms with van der Waals surface area (Å²) in [7, 11) is 2.05. The minimum absolute atomic E-state index is 0.0378. The SMILES string of the molecule is CC(=O)OC1CCN(c2ncc(C(F)(F)F)cc2NC(=O)c2ccc(C3CCN(C)CC3)o2)CC1. The van der Waals surface area contributed by atoms with Gasteiger partial charge in [-0.25, -0.2) is 4.98 Å². The number of anilines is 2. The molecule has 0 unspecified atom stereocenters. The number of carbonyl (C=O) groups is 2. The van der Waals surface area contributed by atoms with Crippen molar-refractivity contribution in [3.8, 4) is 0 Å². The molecule has 2 aliphatic rings. The maximum atomic E-state index is 13.4. The van der Waals surface area contributed by atoms with Gasteiger partial charge in [-0.05, 0) is 51.2 Å². The van der Waals surface area contributed by atoms with Crippen molar-refractivity contribution in [2.45, 2.75) is 50.8 Å². The normalized spacial score (nSPS) is 18.5. The fraction of sp³-hybridized carbons (Fsp3) is 0.542. The van der Waals surface area contributed by atoms with Gasteiger partial charge in [0.15, 0.2) is 11.6 Å². The van der Waals surface area contributed by atoms with E-state index >= 15 is 0 Å². The van der Waals surface area contributed by atoms with E-state index in [9.17, 15) is 22.8 Å². The molecule has 0 bridgehead atoms. The molecule has 11 heteroatoms. The summed E-state index contributed by atoms with van der Waals surface area (Å²) in [6, 6.07) is 4.20. The predicted molar refractivity (Wildman–Crippen MR) is 122 cm³/mol. The van der Waals surface area contributed by atoms with Gasteiger partial charge in [-0.2, -0.15) is 13.2 Å². The quantitative estimate of drug-likeness (QED) is 0.621. The summed E-state index contributed by atoms with van der Waals surface area (Å²) in [6.45, 7) is 4.03. The number of halogens is 3. The number of hydrogen-bond donors (Lipinski definition) is 1. The Morgan fingerprint density at radius 1 is 1.11 bits per heavy atom. The van der Waals surface area contributed by atoms with Crippen LogP contribution in [0.3, 0.4) is 0 Å². The molecule has 0 atom stereocenters. The van der Waals surface area contributed by atoms with Crippen LogP contribution in [-0.4, -0.2) is 61.1 Å². The lowest BCUT2D eigenvalue weighted by Gasteiger charge is -2.33. The Bertz CT molecular complexity index is 1060. The largest absolute Gasteiger partial charge is 0.462 e. The first kappa shape index (κ1) is 25.0. The highest BCUT2D eigenvalue weighted by Gasteiger charge is 2.33. The van der Waals surface area contributed by atoms with Crippen molar-refractivity contribution in [2.24, 2.45) is 0 Å². The third kappa shape index (κ3) is 6.14. The Kier molecular flexibility index (Phi) is 7.34. The smallest absolute Gasteiger partial charge is 0.417 e. The number of hydrogen-bond acceptors (Lipinski definition) is 7. The molecule has 0 spiro atoms. The van der Waals surface area contributed by atoms with Crippen molar-refractivity contribution < 1.29 is 31.9 Å². The number of pyridine rings is 1. The van der Waals surface area contributed by atoms with Crippen LogP contribution < -0.4 is 10.2 Å². The Labute approximate surface area is 201 Å².